The highest BCUT2D eigenvalue weighted by Gasteiger charge is 2.30. The van der Waals surface area contributed by atoms with E-state index in [-0.39, 0.29) is 24.9 Å². The lowest BCUT2D eigenvalue weighted by atomic mass is 10.1. The average molecular weight is 463 g/mol. The van der Waals surface area contributed by atoms with Gasteiger partial charge in [-0.1, -0.05) is 24.3 Å². The maximum Gasteiger partial charge on any atom is 0.328 e. The van der Waals surface area contributed by atoms with Gasteiger partial charge in [0, 0.05) is 19.6 Å². The largest absolute Gasteiger partial charge is 0.480 e. The second-order valence-corrected chi connectivity index (χ2v) is 9.43. The van der Waals surface area contributed by atoms with Crippen LogP contribution in [0.3, 0.4) is 0 Å². The SMILES string of the molecule is CSCCC(C(=O)O)N(NCC(=O)N1CCCC1)C(=O)CNCc1cccc(C2CC2)c1. The van der Waals surface area contributed by atoms with E-state index in [1.165, 1.54) is 30.2 Å². The van der Waals surface area contributed by atoms with E-state index in [0.717, 1.165) is 23.4 Å². The van der Waals surface area contributed by atoms with Crippen molar-refractivity contribution in [3.05, 3.63) is 35.4 Å². The number of carboxylic acids is 1. The molecule has 1 aliphatic carbocycles. The smallest absolute Gasteiger partial charge is 0.328 e. The minimum absolute atomic E-state index is 0.0123. The number of carboxylic acid groups (broad SMARTS) is 1. The Labute approximate surface area is 194 Å². The molecule has 3 N–H and O–H groups in total. The van der Waals surface area contributed by atoms with E-state index < -0.39 is 12.0 Å². The van der Waals surface area contributed by atoms with Crippen molar-refractivity contribution in [3.63, 3.8) is 0 Å². The third-order valence-electron chi connectivity index (χ3n) is 5.93. The lowest BCUT2D eigenvalue weighted by Gasteiger charge is -2.30. The van der Waals surface area contributed by atoms with Crippen molar-refractivity contribution >= 4 is 29.5 Å². The van der Waals surface area contributed by atoms with Crippen LogP contribution in [0.4, 0.5) is 0 Å². The number of carbonyl (C=O) groups excluding carboxylic acids is 2. The van der Waals surface area contributed by atoms with E-state index in [4.69, 9.17) is 0 Å². The summed E-state index contributed by atoms with van der Waals surface area (Å²) in [6.07, 6.45) is 6.62. The Morgan fingerprint density at radius 1 is 1.22 bits per heavy atom. The predicted octanol–water partition coefficient (Wildman–Crippen LogP) is 1.82. The molecule has 0 spiro atoms. The standard InChI is InChI=1S/C23H34N4O4S/c1-32-12-9-20(23(30)31)27(25-16-21(28)26-10-2-3-11-26)22(29)15-24-14-17-5-4-6-19(13-17)18-7-8-18/h4-6,13,18,20,24-25H,2-3,7-12,14-16H2,1H3,(H,30,31). The lowest BCUT2D eigenvalue weighted by molar-refractivity contribution is -0.154. The Bertz CT molecular complexity index is 796. The Hall–Kier alpha value is -2.10. The first-order chi connectivity index (χ1) is 15.5. The van der Waals surface area contributed by atoms with Crippen molar-refractivity contribution in [3.8, 4) is 0 Å². The van der Waals surface area contributed by atoms with Gasteiger partial charge in [-0.15, -0.1) is 0 Å². The first kappa shape index (κ1) is 24.5. The molecule has 2 amide bonds. The molecule has 0 bridgehead atoms. The number of nitrogens with one attached hydrogen (secondary N) is 2. The Kier molecular flexibility index (Phi) is 9.37. The van der Waals surface area contributed by atoms with Gasteiger partial charge in [0.25, 0.3) is 5.91 Å². The quantitative estimate of drug-likeness (QED) is 0.384. The zero-order valence-electron chi connectivity index (χ0n) is 18.7. The van der Waals surface area contributed by atoms with Crippen molar-refractivity contribution < 1.29 is 19.5 Å². The zero-order chi connectivity index (χ0) is 22.9. The summed E-state index contributed by atoms with van der Waals surface area (Å²) in [6, 6.07) is 7.33. The fourth-order valence-electron chi connectivity index (χ4n) is 3.97. The summed E-state index contributed by atoms with van der Waals surface area (Å²) in [5.41, 5.74) is 5.27. The van der Waals surface area contributed by atoms with Crippen LogP contribution < -0.4 is 10.7 Å². The van der Waals surface area contributed by atoms with Gasteiger partial charge in [0.1, 0.15) is 6.04 Å². The number of hydrazine groups is 1. The molecule has 0 radical (unpaired) electrons. The highest BCUT2D eigenvalue weighted by atomic mass is 32.2. The highest BCUT2D eigenvalue weighted by Crippen LogP contribution is 2.40. The maximum atomic E-state index is 13.0. The molecule has 1 aromatic rings. The molecule has 2 fully saturated rings. The zero-order valence-corrected chi connectivity index (χ0v) is 19.5. The van der Waals surface area contributed by atoms with Crippen molar-refractivity contribution in [2.75, 3.05) is 38.2 Å². The molecular formula is C23H34N4O4S. The Morgan fingerprint density at radius 2 is 1.97 bits per heavy atom. The van der Waals surface area contributed by atoms with Crippen molar-refractivity contribution in [1.29, 1.82) is 0 Å². The second kappa shape index (κ2) is 12.2. The van der Waals surface area contributed by atoms with Gasteiger partial charge in [-0.05, 0) is 61.2 Å². The van der Waals surface area contributed by atoms with Crippen LogP contribution in [0.5, 0.6) is 0 Å². The molecule has 1 saturated carbocycles. The van der Waals surface area contributed by atoms with E-state index in [0.29, 0.717) is 37.7 Å². The normalized spacial score (nSPS) is 16.7. The van der Waals surface area contributed by atoms with Crippen LogP contribution in [0, 0.1) is 0 Å². The van der Waals surface area contributed by atoms with E-state index >= 15 is 0 Å². The molecule has 176 valence electrons. The van der Waals surface area contributed by atoms with Crippen molar-refractivity contribution in [1.82, 2.24) is 20.7 Å². The van der Waals surface area contributed by atoms with Gasteiger partial charge in [0.05, 0.1) is 13.1 Å². The summed E-state index contributed by atoms with van der Waals surface area (Å²) in [5, 5.41) is 14.0. The van der Waals surface area contributed by atoms with E-state index in [2.05, 4.69) is 22.9 Å². The van der Waals surface area contributed by atoms with Gasteiger partial charge in [-0.2, -0.15) is 11.8 Å². The number of benzene rings is 1. The van der Waals surface area contributed by atoms with Crippen LogP contribution in [-0.4, -0.2) is 77.0 Å². The number of hydrogen-bond acceptors (Lipinski definition) is 6. The van der Waals surface area contributed by atoms with Gasteiger partial charge in [-0.25, -0.2) is 10.2 Å². The van der Waals surface area contributed by atoms with E-state index in [1.807, 2.05) is 18.4 Å². The van der Waals surface area contributed by atoms with E-state index in [9.17, 15) is 19.5 Å². The van der Waals surface area contributed by atoms with Gasteiger partial charge >= 0.3 is 5.97 Å². The van der Waals surface area contributed by atoms with Gasteiger partial charge in [-0.3, -0.25) is 14.6 Å². The minimum Gasteiger partial charge on any atom is -0.480 e. The van der Waals surface area contributed by atoms with E-state index in [1.54, 1.807) is 4.90 Å². The molecule has 3 rings (SSSR count). The summed E-state index contributed by atoms with van der Waals surface area (Å²) in [4.78, 5) is 39.0. The summed E-state index contributed by atoms with van der Waals surface area (Å²) >= 11 is 1.53. The molecule has 2 aliphatic rings. The van der Waals surface area contributed by atoms with Gasteiger partial charge in [0.15, 0.2) is 0 Å². The molecule has 1 heterocycles. The summed E-state index contributed by atoms with van der Waals surface area (Å²) in [7, 11) is 0. The van der Waals surface area contributed by atoms with Crippen LogP contribution in [0.1, 0.15) is 49.1 Å². The molecule has 1 unspecified atom stereocenters. The number of rotatable bonds is 13. The molecule has 32 heavy (non-hydrogen) atoms. The molecular weight excluding hydrogens is 428 g/mol. The Morgan fingerprint density at radius 3 is 2.62 bits per heavy atom. The van der Waals surface area contributed by atoms with Crippen LogP contribution in [0.2, 0.25) is 0 Å². The monoisotopic (exact) mass is 462 g/mol. The van der Waals surface area contributed by atoms with Crippen LogP contribution in [0.15, 0.2) is 24.3 Å². The number of amides is 2. The summed E-state index contributed by atoms with van der Waals surface area (Å²) < 4.78 is 0. The first-order valence-electron chi connectivity index (χ1n) is 11.3. The molecule has 9 heteroatoms. The number of hydrogen-bond donors (Lipinski definition) is 3. The highest BCUT2D eigenvalue weighted by molar-refractivity contribution is 7.98. The number of likely N-dealkylation sites (tertiary alicyclic amines) is 1. The molecule has 1 aliphatic heterocycles. The number of nitrogens with zero attached hydrogens (tertiary/aromatic N) is 2. The fraction of sp³-hybridized carbons (Fsp3) is 0.609. The first-order valence-corrected chi connectivity index (χ1v) is 12.7. The predicted molar refractivity (Wildman–Crippen MR) is 125 cm³/mol. The molecule has 1 aromatic carbocycles. The summed E-state index contributed by atoms with van der Waals surface area (Å²) in [5.74, 6) is -0.308. The number of carbonyl (C=O) groups is 3. The minimum atomic E-state index is -1.08. The fourth-order valence-corrected chi connectivity index (χ4v) is 4.43. The van der Waals surface area contributed by atoms with Crippen molar-refractivity contribution in [2.24, 2.45) is 0 Å². The maximum absolute atomic E-state index is 13.0. The summed E-state index contributed by atoms with van der Waals surface area (Å²) in [6.45, 7) is 1.85. The van der Waals surface area contributed by atoms with Crippen molar-refractivity contribution in [2.45, 2.75) is 50.6 Å². The third-order valence-corrected chi connectivity index (χ3v) is 6.57. The number of thioether (sulfide) groups is 1. The lowest BCUT2D eigenvalue weighted by Crippen LogP contribution is -2.57. The van der Waals surface area contributed by atoms with Gasteiger partial charge < -0.3 is 15.3 Å². The average Bonchev–Trinajstić information content (AvgIpc) is 3.49. The second-order valence-electron chi connectivity index (χ2n) is 8.44. The topological polar surface area (TPSA) is 102 Å². The Balaban J connectivity index is 1.58. The molecule has 0 aromatic heterocycles. The third kappa shape index (κ3) is 7.21. The van der Waals surface area contributed by atoms with Crippen LogP contribution in [0.25, 0.3) is 0 Å². The van der Waals surface area contributed by atoms with Crippen LogP contribution >= 0.6 is 11.8 Å². The number of aliphatic carboxylic acids is 1. The van der Waals surface area contributed by atoms with Crippen LogP contribution in [-0.2, 0) is 20.9 Å². The van der Waals surface area contributed by atoms with Gasteiger partial charge in [0.2, 0.25) is 5.91 Å². The molecule has 1 atom stereocenters. The molecule has 8 nitrogen and oxygen atoms in total. The molecule has 1 saturated heterocycles.